The van der Waals surface area contributed by atoms with Crippen LogP contribution in [0.1, 0.15) is 44.6 Å². The van der Waals surface area contributed by atoms with Crippen LogP contribution >= 0.6 is 22.6 Å². The SMILES string of the molecule is CCCC/C=C1\C(=O)O[C@@H](COCc2ccccc2)[C@H]1CCCI. The van der Waals surface area contributed by atoms with Crippen molar-refractivity contribution in [2.45, 2.75) is 51.7 Å². The number of ether oxygens (including phenoxy) is 2. The Bertz CT molecular complexity index is 527. The fraction of sp³-hybridized carbons (Fsp3) is 0.550. The number of benzene rings is 1. The lowest BCUT2D eigenvalue weighted by atomic mass is 9.91. The molecule has 0 amide bonds. The highest BCUT2D eigenvalue weighted by Crippen LogP contribution is 2.33. The quantitative estimate of drug-likeness (QED) is 0.167. The van der Waals surface area contributed by atoms with Crippen LogP contribution in [0.15, 0.2) is 42.0 Å². The molecule has 1 saturated heterocycles. The number of cyclic esters (lactones) is 1. The molecule has 1 aromatic carbocycles. The van der Waals surface area contributed by atoms with E-state index in [0.717, 1.165) is 47.7 Å². The van der Waals surface area contributed by atoms with E-state index >= 15 is 0 Å². The van der Waals surface area contributed by atoms with Crippen molar-refractivity contribution in [2.24, 2.45) is 5.92 Å². The van der Waals surface area contributed by atoms with Crippen LogP contribution in [-0.4, -0.2) is 23.1 Å². The van der Waals surface area contributed by atoms with Crippen molar-refractivity contribution in [3.05, 3.63) is 47.5 Å². The molecule has 24 heavy (non-hydrogen) atoms. The summed E-state index contributed by atoms with van der Waals surface area (Å²) in [5, 5.41) is 0. The minimum Gasteiger partial charge on any atom is -0.456 e. The predicted molar refractivity (Wildman–Crippen MR) is 105 cm³/mol. The summed E-state index contributed by atoms with van der Waals surface area (Å²) >= 11 is 2.39. The number of rotatable bonds is 10. The lowest BCUT2D eigenvalue weighted by Gasteiger charge is -2.17. The zero-order valence-electron chi connectivity index (χ0n) is 14.4. The highest BCUT2D eigenvalue weighted by molar-refractivity contribution is 14.1. The van der Waals surface area contributed by atoms with Gasteiger partial charge in [0.25, 0.3) is 0 Å². The third-order valence-electron chi connectivity index (χ3n) is 4.31. The van der Waals surface area contributed by atoms with Crippen LogP contribution in [0.4, 0.5) is 0 Å². The maximum atomic E-state index is 12.2. The van der Waals surface area contributed by atoms with E-state index in [0.29, 0.717) is 13.2 Å². The topological polar surface area (TPSA) is 35.5 Å². The average Bonchev–Trinajstić information content (AvgIpc) is 2.89. The van der Waals surface area contributed by atoms with Crippen LogP contribution < -0.4 is 0 Å². The highest BCUT2D eigenvalue weighted by atomic mass is 127. The number of hydrogen-bond acceptors (Lipinski definition) is 3. The molecule has 2 rings (SSSR count). The Morgan fingerprint density at radius 3 is 2.75 bits per heavy atom. The molecule has 0 radical (unpaired) electrons. The molecule has 0 aliphatic carbocycles. The van der Waals surface area contributed by atoms with Gasteiger partial charge in [-0.15, -0.1) is 0 Å². The molecule has 0 saturated carbocycles. The molecule has 1 aliphatic heterocycles. The standard InChI is InChI=1S/C20H27IO3/c1-2-3-5-11-18-17(12-8-13-21)19(24-20(18)22)15-23-14-16-9-6-4-7-10-16/h4,6-7,9-11,17,19H,2-3,5,8,12-15H2,1H3/b18-11-/t17-,19-/m0/s1. The van der Waals surface area contributed by atoms with Crippen LogP contribution in [0.3, 0.4) is 0 Å². The van der Waals surface area contributed by atoms with Gasteiger partial charge in [-0.2, -0.15) is 0 Å². The lowest BCUT2D eigenvalue weighted by Crippen LogP contribution is -2.23. The molecule has 0 unspecified atom stereocenters. The van der Waals surface area contributed by atoms with Crippen LogP contribution in [-0.2, 0) is 20.9 Å². The minimum absolute atomic E-state index is 0.141. The summed E-state index contributed by atoms with van der Waals surface area (Å²) in [5.41, 5.74) is 2.02. The fourth-order valence-corrected chi connectivity index (χ4v) is 3.43. The summed E-state index contributed by atoms with van der Waals surface area (Å²) in [6.45, 7) is 3.19. The van der Waals surface area contributed by atoms with E-state index in [1.54, 1.807) is 0 Å². The van der Waals surface area contributed by atoms with Crippen molar-refractivity contribution >= 4 is 28.6 Å². The third kappa shape index (κ3) is 5.88. The van der Waals surface area contributed by atoms with Crippen molar-refractivity contribution in [3.63, 3.8) is 0 Å². The molecule has 2 atom stereocenters. The molecule has 4 heteroatoms. The number of unbranched alkanes of at least 4 members (excludes halogenated alkanes) is 2. The summed E-state index contributed by atoms with van der Waals surface area (Å²) < 4.78 is 12.5. The second-order valence-corrected chi connectivity index (χ2v) is 7.26. The molecule has 1 heterocycles. The number of allylic oxidation sites excluding steroid dienone is 1. The van der Waals surface area contributed by atoms with Gasteiger partial charge >= 0.3 is 5.97 Å². The first-order valence-electron chi connectivity index (χ1n) is 8.85. The molecule has 0 bridgehead atoms. The second kappa shape index (κ2) is 10.9. The van der Waals surface area contributed by atoms with Gasteiger partial charge in [0.15, 0.2) is 0 Å². The van der Waals surface area contributed by atoms with Crippen LogP contribution in [0, 0.1) is 5.92 Å². The summed E-state index contributed by atoms with van der Waals surface area (Å²) in [6.07, 6.45) is 7.26. The van der Waals surface area contributed by atoms with Crippen molar-refractivity contribution in [1.82, 2.24) is 0 Å². The first-order chi connectivity index (χ1) is 11.8. The van der Waals surface area contributed by atoms with E-state index in [2.05, 4.69) is 35.6 Å². The van der Waals surface area contributed by atoms with Gasteiger partial charge in [-0.1, -0.05) is 78.8 Å². The van der Waals surface area contributed by atoms with E-state index in [4.69, 9.17) is 9.47 Å². The van der Waals surface area contributed by atoms with Gasteiger partial charge in [0.2, 0.25) is 0 Å². The van der Waals surface area contributed by atoms with Crippen LogP contribution in [0.25, 0.3) is 0 Å². The molecule has 0 N–H and O–H groups in total. The smallest absolute Gasteiger partial charge is 0.334 e. The van der Waals surface area contributed by atoms with Crippen molar-refractivity contribution in [2.75, 3.05) is 11.0 Å². The minimum atomic E-state index is -0.142. The maximum absolute atomic E-state index is 12.2. The second-order valence-electron chi connectivity index (χ2n) is 6.18. The third-order valence-corrected chi connectivity index (χ3v) is 5.07. The monoisotopic (exact) mass is 442 g/mol. The first kappa shape index (κ1) is 19.4. The fourth-order valence-electron chi connectivity index (χ4n) is 2.99. The van der Waals surface area contributed by atoms with Crippen LogP contribution in [0.5, 0.6) is 0 Å². The van der Waals surface area contributed by atoms with E-state index in [9.17, 15) is 4.79 Å². The van der Waals surface area contributed by atoms with E-state index in [-0.39, 0.29) is 18.0 Å². The number of carbonyl (C=O) groups excluding carboxylic acids is 1. The normalized spacial score (nSPS) is 22.1. The summed E-state index contributed by atoms with van der Waals surface area (Å²) in [6, 6.07) is 10.1. The Hall–Kier alpha value is -0.880. The van der Waals surface area contributed by atoms with Crippen LogP contribution in [0.2, 0.25) is 0 Å². The van der Waals surface area contributed by atoms with Gasteiger partial charge in [0.1, 0.15) is 6.10 Å². The number of esters is 1. The zero-order chi connectivity index (χ0) is 17.2. The van der Waals surface area contributed by atoms with E-state index in [1.807, 2.05) is 30.3 Å². The number of carbonyl (C=O) groups is 1. The molecule has 1 fully saturated rings. The molecule has 0 spiro atoms. The summed E-state index contributed by atoms with van der Waals surface area (Å²) in [5.74, 6) is 0.0396. The Labute approximate surface area is 158 Å². The predicted octanol–water partition coefficient (Wildman–Crippen LogP) is 5.08. The van der Waals surface area contributed by atoms with E-state index < -0.39 is 0 Å². The van der Waals surface area contributed by atoms with Gasteiger partial charge < -0.3 is 9.47 Å². The van der Waals surface area contributed by atoms with E-state index in [1.165, 1.54) is 0 Å². The van der Waals surface area contributed by atoms with Crippen molar-refractivity contribution in [1.29, 1.82) is 0 Å². The Morgan fingerprint density at radius 1 is 1.25 bits per heavy atom. The first-order valence-corrected chi connectivity index (χ1v) is 10.4. The highest BCUT2D eigenvalue weighted by Gasteiger charge is 2.39. The number of alkyl halides is 1. The molecular formula is C20H27IO3. The van der Waals surface area contributed by atoms with Gasteiger partial charge in [0, 0.05) is 11.5 Å². The van der Waals surface area contributed by atoms with Gasteiger partial charge in [-0.25, -0.2) is 4.79 Å². The van der Waals surface area contributed by atoms with Gasteiger partial charge in [-0.05, 0) is 29.3 Å². The molecule has 132 valence electrons. The lowest BCUT2D eigenvalue weighted by molar-refractivity contribution is -0.141. The maximum Gasteiger partial charge on any atom is 0.334 e. The molecule has 1 aromatic rings. The van der Waals surface area contributed by atoms with Gasteiger partial charge in [-0.3, -0.25) is 0 Å². The largest absolute Gasteiger partial charge is 0.456 e. The Balaban J connectivity index is 1.93. The van der Waals surface area contributed by atoms with Crippen molar-refractivity contribution < 1.29 is 14.3 Å². The summed E-state index contributed by atoms with van der Waals surface area (Å²) in [7, 11) is 0. The number of halogens is 1. The average molecular weight is 442 g/mol. The molecule has 1 aliphatic rings. The van der Waals surface area contributed by atoms with Crippen molar-refractivity contribution in [3.8, 4) is 0 Å². The number of hydrogen-bond donors (Lipinski definition) is 0. The molecule has 3 nitrogen and oxygen atoms in total. The summed E-state index contributed by atoms with van der Waals surface area (Å²) in [4.78, 5) is 12.2. The van der Waals surface area contributed by atoms with Gasteiger partial charge in [0.05, 0.1) is 13.2 Å². The Kier molecular flexibility index (Phi) is 8.81. The molecular weight excluding hydrogens is 415 g/mol. The Morgan fingerprint density at radius 2 is 2.04 bits per heavy atom. The molecule has 0 aromatic heterocycles. The zero-order valence-corrected chi connectivity index (χ0v) is 16.5.